The van der Waals surface area contributed by atoms with Crippen LogP contribution < -0.4 is 5.32 Å². The van der Waals surface area contributed by atoms with Crippen LogP contribution in [0.15, 0.2) is 41.3 Å². The fourth-order valence-corrected chi connectivity index (χ4v) is 3.71. The first-order valence-electron chi connectivity index (χ1n) is 9.01. The Balaban J connectivity index is 1.46. The van der Waals surface area contributed by atoms with Crippen molar-refractivity contribution in [1.29, 1.82) is 0 Å². The van der Waals surface area contributed by atoms with Gasteiger partial charge in [-0.2, -0.15) is 5.10 Å². The third-order valence-corrected chi connectivity index (χ3v) is 5.11. The van der Waals surface area contributed by atoms with Crippen molar-refractivity contribution in [1.82, 2.24) is 25.0 Å². The molecule has 1 fully saturated rings. The lowest BCUT2D eigenvalue weighted by molar-refractivity contribution is 0.159. The van der Waals surface area contributed by atoms with Crippen molar-refractivity contribution in [3.05, 3.63) is 48.2 Å². The number of aryl methyl sites for hydroxylation is 1. The third-order valence-electron chi connectivity index (χ3n) is 5.11. The molecular formula is C19H23N5O2. The van der Waals surface area contributed by atoms with Gasteiger partial charge in [0, 0.05) is 24.0 Å². The van der Waals surface area contributed by atoms with E-state index in [1.165, 1.54) is 6.33 Å². The number of fused-ring (bicyclic) bond motifs is 1. The monoisotopic (exact) mass is 353 g/mol. The molecule has 0 saturated carbocycles. The van der Waals surface area contributed by atoms with Gasteiger partial charge in [0.1, 0.15) is 24.0 Å². The summed E-state index contributed by atoms with van der Waals surface area (Å²) < 4.78 is 7.81. The van der Waals surface area contributed by atoms with Crippen LogP contribution in [0.3, 0.4) is 0 Å². The summed E-state index contributed by atoms with van der Waals surface area (Å²) in [6.45, 7) is 5.39. The zero-order valence-electron chi connectivity index (χ0n) is 15.1. The molecule has 0 radical (unpaired) electrons. The van der Waals surface area contributed by atoms with Gasteiger partial charge in [0.25, 0.3) is 0 Å². The van der Waals surface area contributed by atoms with Crippen LogP contribution in [0.25, 0.3) is 11.0 Å². The molecule has 1 aromatic carbocycles. The number of para-hydroxylation sites is 1. The Bertz CT molecular complexity index is 902. The van der Waals surface area contributed by atoms with E-state index in [2.05, 4.69) is 15.4 Å². The Morgan fingerprint density at radius 3 is 3.00 bits per heavy atom. The molecule has 1 aliphatic heterocycles. The van der Waals surface area contributed by atoms with Crippen LogP contribution in [-0.4, -0.2) is 38.8 Å². The lowest BCUT2D eigenvalue weighted by Crippen LogP contribution is -2.46. The molecule has 3 heterocycles. The Kier molecular flexibility index (Phi) is 4.36. The van der Waals surface area contributed by atoms with Gasteiger partial charge < -0.3 is 14.6 Å². The number of likely N-dealkylation sites (tertiary alicyclic amines) is 1. The second-order valence-electron chi connectivity index (χ2n) is 6.88. The van der Waals surface area contributed by atoms with Gasteiger partial charge >= 0.3 is 6.03 Å². The first-order chi connectivity index (χ1) is 12.6. The maximum absolute atomic E-state index is 12.8. The van der Waals surface area contributed by atoms with Crippen LogP contribution in [-0.2, 0) is 0 Å². The largest absolute Gasteiger partial charge is 0.459 e. The fraction of sp³-hybridized carbons (Fsp3) is 0.421. The predicted molar refractivity (Wildman–Crippen MR) is 97.8 cm³/mol. The molecule has 26 heavy (non-hydrogen) atoms. The Labute approximate surface area is 152 Å². The van der Waals surface area contributed by atoms with Crippen LogP contribution in [0, 0.1) is 6.92 Å². The number of carbonyl (C=O) groups excluding carboxylic acids is 1. The van der Waals surface area contributed by atoms with Crippen molar-refractivity contribution in [3.63, 3.8) is 0 Å². The SMILES string of the molecule is Cc1c([C@@H](C)NC(=O)N2CCCC(n3cncn3)C2)oc2ccccc12. The van der Waals surface area contributed by atoms with E-state index < -0.39 is 0 Å². The van der Waals surface area contributed by atoms with Crippen molar-refractivity contribution in [2.45, 2.75) is 38.8 Å². The van der Waals surface area contributed by atoms with Crippen LogP contribution in [0.2, 0.25) is 0 Å². The topological polar surface area (TPSA) is 76.2 Å². The Hall–Kier alpha value is -2.83. The van der Waals surface area contributed by atoms with Crippen LogP contribution >= 0.6 is 0 Å². The minimum absolute atomic E-state index is 0.0674. The molecule has 0 bridgehead atoms. The van der Waals surface area contributed by atoms with E-state index in [9.17, 15) is 4.79 Å². The number of urea groups is 1. The van der Waals surface area contributed by atoms with Crippen molar-refractivity contribution in [2.75, 3.05) is 13.1 Å². The molecule has 0 aliphatic carbocycles. The van der Waals surface area contributed by atoms with Gasteiger partial charge in [-0.25, -0.2) is 14.5 Å². The summed E-state index contributed by atoms with van der Waals surface area (Å²) >= 11 is 0. The van der Waals surface area contributed by atoms with E-state index in [0.717, 1.165) is 41.7 Å². The van der Waals surface area contributed by atoms with Crippen LogP contribution in [0.4, 0.5) is 4.79 Å². The minimum atomic E-state index is -0.193. The molecule has 7 heteroatoms. The number of hydrogen-bond acceptors (Lipinski definition) is 4. The number of nitrogens with one attached hydrogen (secondary N) is 1. The zero-order valence-corrected chi connectivity index (χ0v) is 15.1. The lowest BCUT2D eigenvalue weighted by Gasteiger charge is -2.33. The van der Waals surface area contributed by atoms with Gasteiger partial charge in [0.2, 0.25) is 0 Å². The van der Waals surface area contributed by atoms with Crippen molar-refractivity contribution >= 4 is 17.0 Å². The van der Waals surface area contributed by atoms with E-state index >= 15 is 0 Å². The molecule has 7 nitrogen and oxygen atoms in total. The highest BCUT2D eigenvalue weighted by Gasteiger charge is 2.27. The maximum atomic E-state index is 12.8. The average molecular weight is 353 g/mol. The van der Waals surface area contributed by atoms with Gasteiger partial charge in [-0.05, 0) is 32.8 Å². The van der Waals surface area contributed by atoms with E-state index in [1.54, 1.807) is 6.33 Å². The highest BCUT2D eigenvalue weighted by atomic mass is 16.3. The number of piperidine rings is 1. The molecule has 136 valence electrons. The standard InChI is InChI=1S/C19H23N5O2/c1-13-16-7-3-4-8-17(16)26-18(13)14(2)22-19(25)23-9-5-6-15(10-23)24-12-20-11-21-24/h3-4,7-8,11-12,14-15H,5-6,9-10H2,1-2H3,(H,22,25)/t14-,15?/m1/s1. The minimum Gasteiger partial charge on any atom is -0.459 e. The summed E-state index contributed by atoms with van der Waals surface area (Å²) in [4.78, 5) is 18.6. The average Bonchev–Trinajstić information content (AvgIpc) is 3.31. The molecule has 3 aromatic rings. The summed E-state index contributed by atoms with van der Waals surface area (Å²) in [7, 11) is 0. The third kappa shape index (κ3) is 3.05. The number of amides is 2. The Morgan fingerprint density at radius 1 is 1.38 bits per heavy atom. The normalized spacial score (nSPS) is 18.8. The lowest BCUT2D eigenvalue weighted by atomic mass is 10.1. The number of benzene rings is 1. The molecule has 2 aromatic heterocycles. The fourth-order valence-electron chi connectivity index (χ4n) is 3.71. The number of aromatic nitrogens is 3. The quantitative estimate of drug-likeness (QED) is 0.782. The summed E-state index contributed by atoms with van der Waals surface area (Å²) in [5.41, 5.74) is 1.93. The number of carbonyl (C=O) groups is 1. The highest BCUT2D eigenvalue weighted by molar-refractivity contribution is 5.82. The first kappa shape index (κ1) is 16.6. The maximum Gasteiger partial charge on any atom is 0.318 e. The number of furan rings is 1. The van der Waals surface area contributed by atoms with Gasteiger partial charge in [-0.1, -0.05) is 18.2 Å². The second kappa shape index (κ2) is 6.82. The molecule has 1 aliphatic rings. The molecular weight excluding hydrogens is 330 g/mol. The van der Waals surface area contributed by atoms with Gasteiger partial charge in [-0.3, -0.25) is 0 Å². The van der Waals surface area contributed by atoms with E-state index in [0.29, 0.717) is 6.54 Å². The molecule has 2 atom stereocenters. The molecule has 2 amide bonds. The summed E-state index contributed by atoms with van der Waals surface area (Å²) in [5, 5.41) is 8.38. The number of nitrogens with zero attached hydrogens (tertiary/aromatic N) is 4. The second-order valence-corrected chi connectivity index (χ2v) is 6.88. The van der Waals surface area contributed by atoms with Crippen molar-refractivity contribution in [2.24, 2.45) is 0 Å². The molecule has 1 saturated heterocycles. The first-order valence-corrected chi connectivity index (χ1v) is 9.01. The molecule has 1 N–H and O–H groups in total. The summed E-state index contributed by atoms with van der Waals surface area (Å²) in [6.07, 6.45) is 5.21. The van der Waals surface area contributed by atoms with Gasteiger partial charge in [-0.15, -0.1) is 0 Å². The smallest absolute Gasteiger partial charge is 0.318 e. The number of hydrogen-bond donors (Lipinski definition) is 1. The predicted octanol–water partition coefficient (Wildman–Crippen LogP) is 3.44. The molecule has 4 rings (SSSR count). The van der Waals surface area contributed by atoms with Crippen LogP contribution in [0.5, 0.6) is 0 Å². The molecule has 0 spiro atoms. The van der Waals surface area contributed by atoms with E-state index in [-0.39, 0.29) is 18.1 Å². The van der Waals surface area contributed by atoms with Gasteiger partial charge in [0.05, 0.1) is 12.1 Å². The zero-order chi connectivity index (χ0) is 18.1. The van der Waals surface area contributed by atoms with Crippen LogP contribution in [0.1, 0.15) is 43.2 Å². The van der Waals surface area contributed by atoms with Crippen molar-refractivity contribution < 1.29 is 9.21 Å². The summed E-state index contributed by atoms with van der Waals surface area (Å²) in [5.74, 6) is 0.810. The summed E-state index contributed by atoms with van der Waals surface area (Å²) in [6, 6.07) is 7.86. The number of rotatable bonds is 3. The highest BCUT2D eigenvalue weighted by Crippen LogP contribution is 2.29. The van der Waals surface area contributed by atoms with Crippen molar-refractivity contribution in [3.8, 4) is 0 Å². The van der Waals surface area contributed by atoms with Gasteiger partial charge in [0.15, 0.2) is 0 Å². The van der Waals surface area contributed by atoms with E-state index in [1.807, 2.05) is 47.7 Å². The van der Waals surface area contributed by atoms with E-state index in [4.69, 9.17) is 4.42 Å². The molecule has 1 unspecified atom stereocenters. The Morgan fingerprint density at radius 2 is 2.23 bits per heavy atom.